The summed E-state index contributed by atoms with van der Waals surface area (Å²) in [5.41, 5.74) is 1.11. The van der Waals surface area contributed by atoms with Gasteiger partial charge in [-0.3, -0.25) is 0 Å². The van der Waals surface area contributed by atoms with E-state index in [0.29, 0.717) is 6.61 Å². The zero-order valence-electron chi connectivity index (χ0n) is 11.1. The van der Waals surface area contributed by atoms with Crippen molar-refractivity contribution in [3.63, 3.8) is 0 Å². The van der Waals surface area contributed by atoms with Crippen LogP contribution in [0.2, 0.25) is 0 Å². The molecule has 0 saturated carbocycles. The molecule has 0 aromatic heterocycles. The van der Waals surface area contributed by atoms with Crippen molar-refractivity contribution in [2.24, 2.45) is 5.92 Å². The van der Waals surface area contributed by atoms with E-state index in [1.807, 2.05) is 44.2 Å². The first-order valence-electron chi connectivity index (χ1n) is 6.19. The van der Waals surface area contributed by atoms with Crippen LogP contribution in [0, 0.1) is 5.92 Å². The van der Waals surface area contributed by atoms with Gasteiger partial charge in [0.15, 0.2) is 0 Å². The van der Waals surface area contributed by atoms with E-state index >= 15 is 0 Å². The Morgan fingerprint density at radius 1 is 1.28 bits per heavy atom. The number of benzene rings is 1. The van der Waals surface area contributed by atoms with Crippen LogP contribution in [-0.4, -0.2) is 24.1 Å². The van der Waals surface area contributed by atoms with Crippen molar-refractivity contribution in [1.29, 1.82) is 0 Å². The fourth-order valence-electron chi connectivity index (χ4n) is 1.55. The monoisotopic (exact) mass is 250 g/mol. The Kier molecular flexibility index (Phi) is 6.65. The fraction of sp³-hybridized carbons (Fsp3) is 0.467. The predicted molar refractivity (Wildman–Crippen MR) is 72.0 cm³/mol. The van der Waals surface area contributed by atoms with Gasteiger partial charge >= 0.3 is 0 Å². The maximum Gasteiger partial charge on any atom is 0.147 e. The molecule has 3 heteroatoms. The van der Waals surface area contributed by atoms with Crippen LogP contribution >= 0.6 is 0 Å². The van der Waals surface area contributed by atoms with Crippen molar-refractivity contribution in [2.45, 2.75) is 32.7 Å². The molecule has 0 aliphatic heterocycles. The van der Waals surface area contributed by atoms with Gasteiger partial charge in [0, 0.05) is 5.92 Å². The fourth-order valence-corrected chi connectivity index (χ4v) is 1.55. The summed E-state index contributed by atoms with van der Waals surface area (Å²) >= 11 is 0. The topological polar surface area (TPSA) is 38.7 Å². The van der Waals surface area contributed by atoms with E-state index < -0.39 is 6.10 Å². The summed E-state index contributed by atoms with van der Waals surface area (Å²) in [6, 6.07) is 9.90. The normalized spacial score (nSPS) is 15.9. The Morgan fingerprint density at radius 2 is 1.94 bits per heavy atom. The van der Waals surface area contributed by atoms with Gasteiger partial charge in [-0.25, -0.2) is 0 Å². The molecule has 0 fully saturated rings. The van der Waals surface area contributed by atoms with Crippen molar-refractivity contribution < 1.29 is 14.6 Å². The highest BCUT2D eigenvalue weighted by Crippen LogP contribution is 2.11. The van der Waals surface area contributed by atoms with Gasteiger partial charge in [0.05, 0.1) is 18.8 Å². The predicted octanol–water partition coefficient (Wildman–Crippen LogP) is 2.75. The summed E-state index contributed by atoms with van der Waals surface area (Å²) in [5.74, 6) is 0.00845. The summed E-state index contributed by atoms with van der Waals surface area (Å²) < 4.78 is 10.8. The Bertz CT molecular complexity index is 337. The van der Waals surface area contributed by atoms with Crippen molar-refractivity contribution >= 4 is 0 Å². The average molecular weight is 250 g/mol. The highest BCUT2D eigenvalue weighted by atomic mass is 16.7. The third-order valence-corrected chi connectivity index (χ3v) is 2.92. The molecule has 3 atom stereocenters. The average Bonchev–Trinajstić information content (AvgIpc) is 2.42. The summed E-state index contributed by atoms with van der Waals surface area (Å²) in [6.07, 6.45) is 0.895. The smallest absolute Gasteiger partial charge is 0.147 e. The van der Waals surface area contributed by atoms with Crippen LogP contribution in [0.3, 0.4) is 0 Å². The molecule has 0 unspecified atom stereocenters. The quantitative estimate of drug-likeness (QED) is 0.438. The summed E-state index contributed by atoms with van der Waals surface area (Å²) in [7, 11) is 0. The third-order valence-electron chi connectivity index (χ3n) is 2.92. The maximum absolute atomic E-state index is 9.85. The lowest BCUT2D eigenvalue weighted by atomic mass is 10.0. The molecule has 0 bridgehead atoms. The van der Waals surface area contributed by atoms with Crippen LogP contribution in [0.25, 0.3) is 0 Å². The van der Waals surface area contributed by atoms with E-state index in [9.17, 15) is 5.11 Å². The van der Waals surface area contributed by atoms with Gasteiger partial charge in [0.2, 0.25) is 0 Å². The van der Waals surface area contributed by atoms with E-state index in [2.05, 4.69) is 6.58 Å². The van der Waals surface area contributed by atoms with Gasteiger partial charge in [-0.05, 0) is 12.5 Å². The molecule has 0 spiro atoms. The first-order valence-corrected chi connectivity index (χ1v) is 6.19. The number of rotatable bonds is 8. The molecular formula is C15H22O3. The summed E-state index contributed by atoms with van der Waals surface area (Å²) in [6.45, 7) is 8.08. The molecule has 0 amide bonds. The van der Waals surface area contributed by atoms with E-state index in [4.69, 9.17) is 9.47 Å². The molecular weight excluding hydrogens is 228 g/mol. The number of aliphatic hydroxyl groups excluding tert-OH is 1. The van der Waals surface area contributed by atoms with Crippen LogP contribution in [0.1, 0.15) is 19.4 Å². The Labute approximate surface area is 109 Å². The lowest BCUT2D eigenvalue weighted by Crippen LogP contribution is -2.31. The van der Waals surface area contributed by atoms with Crippen LogP contribution in [-0.2, 0) is 16.1 Å². The molecule has 0 heterocycles. The molecule has 1 aromatic rings. The maximum atomic E-state index is 9.85. The van der Waals surface area contributed by atoms with Gasteiger partial charge in [-0.1, -0.05) is 43.3 Å². The van der Waals surface area contributed by atoms with Crippen molar-refractivity contribution in [3.05, 3.63) is 48.6 Å². The lowest BCUT2D eigenvalue weighted by Gasteiger charge is -2.22. The highest BCUT2D eigenvalue weighted by Gasteiger charge is 2.19. The van der Waals surface area contributed by atoms with Crippen molar-refractivity contribution in [1.82, 2.24) is 0 Å². The van der Waals surface area contributed by atoms with Crippen LogP contribution in [0.5, 0.6) is 0 Å². The molecule has 0 radical (unpaired) electrons. The number of hydrogen-bond acceptors (Lipinski definition) is 3. The molecule has 0 aliphatic rings. The molecule has 0 saturated heterocycles. The molecule has 3 nitrogen and oxygen atoms in total. The molecule has 1 aromatic carbocycles. The van der Waals surface area contributed by atoms with Crippen LogP contribution in [0.15, 0.2) is 43.0 Å². The second-order valence-electron chi connectivity index (χ2n) is 4.41. The third kappa shape index (κ3) is 5.00. The van der Waals surface area contributed by atoms with E-state index in [-0.39, 0.29) is 18.8 Å². The SMILES string of the molecule is C=C[C@H](C)[C@@H](O)[C@@H](C)OCOCc1ccccc1. The largest absolute Gasteiger partial charge is 0.390 e. The van der Waals surface area contributed by atoms with Crippen LogP contribution in [0.4, 0.5) is 0 Å². The molecule has 18 heavy (non-hydrogen) atoms. The second kappa shape index (κ2) is 8.03. The zero-order valence-corrected chi connectivity index (χ0v) is 11.1. The summed E-state index contributed by atoms with van der Waals surface area (Å²) in [4.78, 5) is 0. The Morgan fingerprint density at radius 3 is 2.56 bits per heavy atom. The molecule has 100 valence electrons. The van der Waals surface area contributed by atoms with Gasteiger partial charge < -0.3 is 14.6 Å². The molecule has 1 rings (SSSR count). The minimum atomic E-state index is -0.553. The Hall–Kier alpha value is -1.16. The number of ether oxygens (including phenoxy) is 2. The minimum absolute atomic E-state index is 0.00845. The first-order chi connectivity index (χ1) is 8.65. The molecule has 1 N–H and O–H groups in total. The second-order valence-corrected chi connectivity index (χ2v) is 4.41. The standard InChI is InChI=1S/C15H22O3/c1-4-12(2)15(16)13(3)18-11-17-10-14-8-6-5-7-9-14/h4-9,12-13,15-16H,1,10-11H2,2-3H3/t12-,13+,15+/m0/s1. The van der Waals surface area contributed by atoms with Gasteiger partial charge in [0.1, 0.15) is 6.79 Å². The number of hydrogen-bond donors (Lipinski definition) is 1. The zero-order chi connectivity index (χ0) is 13.4. The van der Waals surface area contributed by atoms with E-state index in [1.165, 1.54) is 0 Å². The van der Waals surface area contributed by atoms with Crippen LogP contribution < -0.4 is 0 Å². The van der Waals surface area contributed by atoms with Gasteiger partial charge in [-0.2, -0.15) is 0 Å². The van der Waals surface area contributed by atoms with E-state index in [0.717, 1.165) is 5.56 Å². The summed E-state index contributed by atoms with van der Waals surface area (Å²) in [5, 5.41) is 9.85. The first kappa shape index (κ1) is 14.9. The Balaban J connectivity index is 2.19. The minimum Gasteiger partial charge on any atom is -0.390 e. The molecule has 0 aliphatic carbocycles. The van der Waals surface area contributed by atoms with Crippen molar-refractivity contribution in [2.75, 3.05) is 6.79 Å². The van der Waals surface area contributed by atoms with Gasteiger partial charge in [0.25, 0.3) is 0 Å². The van der Waals surface area contributed by atoms with E-state index in [1.54, 1.807) is 6.08 Å². The highest BCUT2D eigenvalue weighted by molar-refractivity contribution is 5.13. The lowest BCUT2D eigenvalue weighted by molar-refractivity contribution is -0.128. The number of aliphatic hydroxyl groups is 1. The van der Waals surface area contributed by atoms with Crippen molar-refractivity contribution in [3.8, 4) is 0 Å². The van der Waals surface area contributed by atoms with Gasteiger partial charge in [-0.15, -0.1) is 6.58 Å².